The van der Waals surface area contributed by atoms with Crippen molar-refractivity contribution >= 4 is 11.6 Å². The van der Waals surface area contributed by atoms with Crippen LogP contribution in [-0.2, 0) is 6.61 Å². The lowest BCUT2D eigenvalue weighted by Crippen LogP contribution is -2.12. The Hall–Kier alpha value is -4.17. The Labute approximate surface area is 191 Å². The molecule has 2 aromatic carbocycles. The number of H-pyrrole nitrogens is 1. The van der Waals surface area contributed by atoms with Gasteiger partial charge in [-0.15, -0.1) is 0 Å². The van der Waals surface area contributed by atoms with Crippen molar-refractivity contribution in [2.45, 2.75) is 13.5 Å². The van der Waals surface area contributed by atoms with E-state index in [1.165, 1.54) is 0 Å². The molecule has 0 unspecified atom stereocenters. The Morgan fingerprint density at radius 2 is 1.85 bits per heavy atom. The number of aromatic amines is 1. The van der Waals surface area contributed by atoms with Crippen molar-refractivity contribution in [3.05, 3.63) is 90.0 Å². The van der Waals surface area contributed by atoms with Gasteiger partial charge in [0.2, 0.25) is 0 Å². The fourth-order valence-corrected chi connectivity index (χ4v) is 3.13. The topological polar surface area (TPSA) is 109 Å². The maximum Gasteiger partial charge on any atom is 0.255 e. The van der Waals surface area contributed by atoms with Crippen LogP contribution in [0.2, 0.25) is 0 Å². The van der Waals surface area contributed by atoms with Crippen molar-refractivity contribution in [2.75, 3.05) is 18.5 Å². The molecule has 0 aliphatic carbocycles. The molecule has 168 valence electrons. The number of anilines is 1. The number of rotatable bonds is 9. The molecule has 8 heteroatoms. The number of benzene rings is 2. The minimum Gasteiger partial charge on any atom is -0.490 e. The van der Waals surface area contributed by atoms with Crippen molar-refractivity contribution in [1.82, 2.24) is 15.0 Å². The highest BCUT2D eigenvalue weighted by atomic mass is 16.5. The number of imidazole rings is 1. The first-order valence-corrected chi connectivity index (χ1v) is 10.5. The first kappa shape index (κ1) is 22.0. The summed E-state index contributed by atoms with van der Waals surface area (Å²) in [5, 5.41) is 11.8. The van der Waals surface area contributed by atoms with Gasteiger partial charge in [0, 0.05) is 29.2 Å². The van der Waals surface area contributed by atoms with Crippen LogP contribution in [-0.4, -0.2) is 39.2 Å². The zero-order valence-electron chi connectivity index (χ0n) is 18.1. The molecule has 0 fully saturated rings. The molecule has 0 radical (unpaired) electrons. The Morgan fingerprint density at radius 3 is 2.55 bits per heavy atom. The minimum atomic E-state index is -0.207. The number of nitrogens with one attached hydrogen (secondary N) is 2. The van der Waals surface area contributed by atoms with E-state index >= 15 is 0 Å². The second-order valence-corrected chi connectivity index (χ2v) is 7.29. The molecule has 2 heterocycles. The number of aromatic nitrogens is 3. The fourth-order valence-electron chi connectivity index (χ4n) is 3.13. The number of hydrogen-bond donors (Lipinski definition) is 3. The van der Waals surface area contributed by atoms with Gasteiger partial charge in [-0.2, -0.15) is 0 Å². The molecule has 2 aromatic heterocycles. The number of carbonyl (C=O) groups is 1. The van der Waals surface area contributed by atoms with Gasteiger partial charge in [-0.3, -0.25) is 9.78 Å². The number of amides is 1. The standard InChI is InChI=1S/C25H24N4O4/c1-17-2-3-19(24-26-10-11-27-24)14-23(17)29-25(31)18-4-7-21(8-5-18)33-16-20-6-9-22(15-28-20)32-13-12-30/h2-11,14-15,30H,12-13,16H2,1H3,(H,26,27)(H,29,31). The van der Waals surface area contributed by atoms with E-state index in [4.69, 9.17) is 14.6 Å². The van der Waals surface area contributed by atoms with Crippen LogP contribution in [0.15, 0.2) is 73.2 Å². The molecular weight excluding hydrogens is 420 g/mol. The summed E-state index contributed by atoms with van der Waals surface area (Å²) < 4.78 is 11.0. The van der Waals surface area contributed by atoms with Crippen LogP contribution >= 0.6 is 0 Å². The molecule has 0 aliphatic heterocycles. The zero-order chi connectivity index (χ0) is 23.0. The number of carbonyl (C=O) groups excluding carboxylic acids is 1. The quantitative estimate of drug-likeness (QED) is 0.360. The predicted molar refractivity (Wildman–Crippen MR) is 124 cm³/mol. The van der Waals surface area contributed by atoms with E-state index in [2.05, 4.69) is 20.3 Å². The second kappa shape index (κ2) is 10.4. The SMILES string of the molecule is Cc1ccc(-c2ncc[nH]2)cc1NC(=O)c1ccc(OCc2ccc(OCCO)cn2)cc1. The van der Waals surface area contributed by atoms with E-state index in [9.17, 15) is 4.79 Å². The number of aliphatic hydroxyl groups is 1. The number of aliphatic hydroxyl groups excluding tert-OH is 1. The summed E-state index contributed by atoms with van der Waals surface area (Å²) in [6, 6.07) is 16.3. The average Bonchev–Trinajstić information content (AvgIpc) is 3.39. The van der Waals surface area contributed by atoms with Crippen molar-refractivity contribution in [3.63, 3.8) is 0 Å². The molecule has 0 atom stereocenters. The largest absolute Gasteiger partial charge is 0.490 e. The molecule has 1 amide bonds. The van der Waals surface area contributed by atoms with Gasteiger partial charge in [-0.25, -0.2) is 4.98 Å². The monoisotopic (exact) mass is 444 g/mol. The van der Waals surface area contributed by atoms with Gasteiger partial charge >= 0.3 is 0 Å². The molecule has 33 heavy (non-hydrogen) atoms. The van der Waals surface area contributed by atoms with Gasteiger partial charge in [0.25, 0.3) is 5.91 Å². The van der Waals surface area contributed by atoms with E-state index in [0.29, 0.717) is 17.1 Å². The van der Waals surface area contributed by atoms with Crippen LogP contribution < -0.4 is 14.8 Å². The van der Waals surface area contributed by atoms with Gasteiger partial charge < -0.3 is 24.9 Å². The van der Waals surface area contributed by atoms with Gasteiger partial charge in [0.05, 0.1) is 18.5 Å². The van der Waals surface area contributed by atoms with Gasteiger partial charge in [0.1, 0.15) is 30.5 Å². The van der Waals surface area contributed by atoms with Crippen LogP contribution in [0.5, 0.6) is 11.5 Å². The summed E-state index contributed by atoms with van der Waals surface area (Å²) in [6.45, 7) is 2.41. The zero-order valence-corrected chi connectivity index (χ0v) is 18.1. The minimum absolute atomic E-state index is 0.0458. The first-order valence-electron chi connectivity index (χ1n) is 10.5. The summed E-state index contributed by atoms with van der Waals surface area (Å²) in [5.74, 6) is 1.76. The maximum absolute atomic E-state index is 12.7. The third-order valence-electron chi connectivity index (χ3n) is 4.92. The molecule has 4 aromatic rings. The normalized spacial score (nSPS) is 10.6. The third-order valence-corrected chi connectivity index (χ3v) is 4.92. The van der Waals surface area contributed by atoms with Crippen molar-refractivity contribution in [2.24, 2.45) is 0 Å². The summed E-state index contributed by atoms with van der Waals surface area (Å²) in [6.07, 6.45) is 5.04. The lowest BCUT2D eigenvalue weighted by molar-refractivity contribution is 0.102. The second-order valence-electron chi connectivity index (χ2n) is 7.29. The number of hydrogen-bond acceptors (Lipinski definition) is 6. The van der Waals surface area contributed by atoms with E-state index in [1.807, 2.05) is 25.1 Å². The predicted octanol–water partition coefficient (Wildman–Crippen LogP) is 3.98. The van der Waals surface area contributed by atoms with Gasteiger partial charge in [-0.1, -0.05) is 12.1 Å². The fraction of sp³-hybridized carbons (Fsp3) is 0.160. The van der Waals surface area contributed by atoms with Crippen LogP contribution in [0.3, 0.4) is 0 Å². The number of nitrogens with zero attached hydrogens (tertiary/aromatic N) is 2. The number of aryl methyl sites for hydroxylation is 1. The van der Waals surface area contributed by atoms with Crippen LogP contribution in [0.1, 0.15) is 21.6 Å². The smallest absolute Gasteiger partial charge is 0.255 e. The lowest BCUT2D eigenvalue weighted by Gasteiger charge is -2.11. The lowest BCUT2D eigenvalue weighted by atomic mass is 10.1. The third kappa shape index (κ3) is 5.75. The Balaban J connectivity index is 1.35. The molecule has 4 rings (SSSR count). The molecule has 0 spiro atoms. The molecule has 0 aliphatic rings. The molecule has 3 N–H and O–H groups in total. The summed E-state index contributed by atoms with van der Waals surface area (Å²) in [4.78, 5) is 24.3. The summed E-state index contributed by atoms with van der Waals surface area (Å²) >= 11 is 0. The van der Waals surface area contributed by atoms with Crippen molar-refractivity contribution < 1.29 is 19.4 Å². The average molecular weight is 444 g/mol. The van der Waals surface area contributed by atoms with Gasteiger partial charge in [0.15, 0.2) is 0 Å². The van der Waals surface area contributed by atoms with Gasteiger partial charge in [-0.05, 0) is 55.0 Å². The van der Waals surface area contributed by atoms with E-state index in [1.54, 1.807) is 55.0 Å². The first-order chi connectivity index (χ1) is 16.1. The Kier molecular flexibility index (Phi) is 6.96. The molecular formula is C25H24N4O4. The Morgan fingerprint density at radius 1 is 1.03 bits per heavy atom. The summed E-state index contributed by atoms with van der Waals surface area (Å²) in [7, 11) is 0. The Bertz CT molecular complexity index is 1190. The molecule has 8 nitrogen and oxygen atoms in total. The van der Waals surface area contributed by atoms with E-state index < -0.39 is 0 Å². The van der Waals surface area contributed by atoms with E-state index in [-0.39, 0.29) is 25.7 Å². The van der Waals surface area contributed by atoms with E-state index in [0.717, 1.165) is 28.3 Å². The van der Waals surface area contributed by atoms with Crippen LogP contribution in [0, 0.1) is 6.92 Å². The van der Waals surface area contributed by atoms with Crippen molar-refractivity contribution in [1.29, 1.82) is 0 Å². The summed E-state index contributed by atoms with van der Waals surface area (Å²) in [5.41, 5.74) is 3.84. The number of ether oxygens (including phenoxy) is 2. The highest BCUT2D eigenvalue weighted by Gasteiger charge is 2.10. The highest BCUT2D eigenvalue weighted by Crippen LogP contribution is 2.24. The molecule has 0 saturated heterocycles. The van der Waals surface area contributed by atoms with Crippen LogP contribution in [0.4, 0.5) is 5.69 Å². The highest BCUT2D eigenvalue weighted by molar-refractivity contribution is 6.05. The molecule has 0 bridgehead atoms. The number of pyridine rings is 1. The van der Waals surface area contributed by atoms with Crippen molar-refractivity contribution in [3.8, 4) is 22.9 Å². The maximum atomic E-state index is 12.7. The van der Waals surface area contributed by atoms with Crippen LogP contribution in [0.25, 0.3) is 11.4 Å². The molecule has 0 saturated carbocycles.